The predicted octanol–water partition coefficient (Wildman–Crippen LogP) is 2.39. The van der Waals surface area contributed by atoms with Gasteiger partial charge in [-0.25, -0.2) is 9.37 Å². The first-order valence-electron chi connectivity index (χ1n) is 8.26. The third-order valence-corrected chi connectivity index (χ3v) is 4.25. The number of rotatable bonds is 4. The molecule has 0 aliphatic carbocycles. The van der Waals surface area contributed by atoms with Crippen LogP contribution in [0.2, 0.25) is 0 Å². The lowest BCUT2D eigenvalue weighted by molar-refractivity contribution is 0.0154. The number of ether oxygens (including phenoxy) is 1. The second-order valence-corrected chi connectivity index (χ2v) is 6.09. The molecule has 1 fully saturated rings. The van der Waals surface area contributed by atoms with Gasteiger partial charge in [0.1, 0.15) is 29.2 Å². The second kappa shape index (κ2) is 6.88. The molecular weight excluding hydrogens is 349 g/mol. The Morgan fingerprint density at radius 1 is 1.30 bits per heavy atom. The van der Waals surface area contributed by atoms with E-state index < -0.39 is 0 Å². The second-order valence-electron chi connectivity index (χ2n) is 6.09. The van der Waals surface area contributed by atoms with Crippen LogP contribution in [0.25, 0.3) is 11.3 Å². The van der Waals surface area contributed by atoms with E-state index in [0.717, 1.165) is 5.56 Å². The van der Waals surface area contributed by atoms with Crippen LogP contribution in [0.5, 0.6) is 5.88 Å². The molecule has 1 aliphatic heterocycles. The van der Waals surface area contributed by atoms with E-state index in [0.29, 0.717) is 30.0 Å². The average molecular weight is 363 g/mol. The number of aromatic nitrogens is 3. The lowest BCUT2D eigenvalue weighted by atomic mass is 10.1. The van der Waals surface area contributed by atoms with Crippen molar-refractivity contribution in [2.45, 2.75) is 6.10 Å². The molecule has 134 valence electrons. The van der Waals surface area contributed by atoms with E-state index in [1.165, 1.54) is 12.1 Å². The van der Waals surface area contributed by atoms with Crippen molar-refractivity contribution in [2.75, 3.05) is 13.1 Å². The Labute approximate surface area is 154 Å². The number of halogens is 1. The molecule has 3 heterocycles. The van der Waals surface area contributed by atoms with Crippen LogP contribution in [0.1, 0.15) is 16.1 Å². The molecule has 0 unspecified atom stereocenters. The zero-order chi connectivity index (χ0) is 18.8. The molecule has 1 N–H and O–H groups in total. The zero-order valence-electron chi connectivity index (χ0n) is 14.1. The number of aromatic amines is 1. The Kier molecular flexibility index (Phi) is 4.26. The summed E-state index contributed by atoms with van der Waals surface area (Å²) in [5, 5.41) is 15.9. The highest BCUT2D eigenvalue weighted by molar-refractivity contribution is 5.94. The molecule has 27 heavy (non-hydrogen) atoms. The Morgan fingerprint density at radius 3 is 2.81 bits per heavy atom. The molecule has 0 saturated carbocycles. The van der Waals surface area contributed by atoms with E-state index in [2.05, 4.69) is 15.2 Å². The number of pyridine rings is 1. The number of nitrogens with zero attached hydrogens (tertiary/aromatic N) is 4. The molecule has 0 atom stereocenters. The van der Waals surface area contributed by atoms with Crippen molar-refractivity contribution < 1.29 is 13.9 Å². The summed E-state index contributed by atoms with van der Waals surface area (Å²) in [5.74, 6) is -0.251. The first-order valence-corrected chi connectivity index (χ1v) is 8.26. The molecule has 0 radical (unpaired) electrons. The maximum Gasteiger partial charge on any atom is 0.272 e. The van der Waals surface area contributed by atoms with Crippen molar-refractivity contribution in [2.24, 2.45) is 0 Å². The van der Waals surface area contributed by atoms with Crippen LogP contribution in [0.4, 0.5) is 4.39 Å². The molecule has 1 saturated heterocycles. The van der Waals surface area contributed by atoms with Gasteiger partial charge in [-0.05, 0) is 42.5 Å². The summed E-state index contributed by atoms with van der Waals surface area (Å²) in [7, 11) is 0. The Bertz CT molecular complexity index is 1020. The maximum atomic E-state index is 13.0. The van der Waals surface area contributed by atoms with Crippen molar-refractivity contribution >= 4 is 5.91 Å². The number of hydrogen-bond acceptors (Lipinski definition) is 5. The van der Waals surface area contributed by atoms with Crippen molar-refractivity contribution in [1.29, 1.82) is 5.26 Å². The molecule has 0 bridgehead atoms. The third-order valence-electron chi connectivity index (χ3n) is 4.25. The van der Waals surface area contributed by atoms with E-state index in [4.69, 9.17) is 10.00 Å². The summed E-state index contributed by atoms with van der Waals surface area (Å²) in [6.07, 6.45) is 1.34. The molecule has 8 heteroatoms. The van der Waals surface area contributed by atoms with Gasteiger partial charge in [-0.15, -0.1) is 0 Å². The predicted molar refractivity (Wildman–Crippen MR) is 93.3 cm³/mol. The number of hydrogen-bond donors (Lipinski definition) is 1. The largest absolute Gasteiger partial charge is 0.470 e. The SMILES string of the molecule is N#Cc1cccnc1OC1CN(C(=O)c2cc(-c3ccc(F)cc3)n[nH]2)C1. The van der Waals surface area contributed by atoms with Gasteiger partial charge in [-0.2, -0.15) is 10.4 Å². The first-order chi connectivity index (χ1) is 13.1. The van der Waals surface area contributed by atoms with Gasteiger partial charge in [0.2, 0.25) is 5.88 Å². The minimum absolute atomic E-state index is 0.197. The number of H-pyrrole nitrogens is 1. The van der Waals surface area contributed by atoms with Crippen LogP contribution in [-0.2, 0) is 0 Å². The standard InChI is InChI=1S/C19H14FN5O2/c20-14-5-3-12(4-6-14)16-8-17(24-23-16)19(26)25-10-15(11-25)27-18-13(9-21)2-1-7-22-18/h1-8,15H,10-11H2,(H,23,24). The Morgan fingerprint density at radius 2 is 2.07 bits per heavy atom. The van der Waals surface area contributed by atoms with Gasteiger partial charge in [0.25, 0.3) is 5.91 Å². The number of carbonyl (C=O) groups excluding carboxylic acids is 1. The van der Waals surface area contributed by atoms with Gasteiger partial charge in [-0.1, -0.05) is 0 Å². The topological polar surface area (TPSA) is 94.9 Å². The fourth-order valence-electron chi connectivity index (χ4n) is 2.78. The van der Waals surface area contributed by atoms with Crippen LogP contribution in [0, 0.1) is 17.1 Å². The van der Waals surface area contributed by atoms with E-state index in [-0.39, 0.29) is 23.7 Å². The third kappa shape index (κ3) is 3.35. The number of carbonyl (C=O) groups is 1. The lowest BCUT2D eigenvalue weighted by Gasteiger charge is -2.38. The minimum Gasteiger partial charge on any atom is -0.470 e. The molecule has 7 nitrogen and oxygen atoms in total. The van der Waals surface area contributed by atoms with Crippen LogP contribution in [-0.4, -0.2) is 45.2 Å². The monoisotopic (exact) mass is 363 g/mol. The molecule has 0 spiro atoms. The van der Waals surface area contributed by atoms with Crippen LogP contribution in [0.15, 0.2) is 48.7 Å². The van der Waals surface area contributed by atoms with Crippen LogP contribution >= 0.6 is 0 Å². The van der Waals surface area contributed by atoms with Gasteiger partial charge >= 0.3 is 0 Å². The number of nitriles is 1. The number of benzene rings is 1. The van der Waals surface area contributed by atoms with Gasteiger partial charge in [-0.3, -0.25) is 9.89 Å². The molecule has 1 aromatic carbocycles. The van der Waals surface area contributed by atoms with Crippen LogP contribution in [0.3, 0.4) is 0 Å². The van der Waals surface area contributed by atoms with Crippen molar-refractivity contribution in [1.82, 2.24) is 20.1 Å². The van der Waals surface area contributed by atoms with Gasteiger partial charge in [0, 0.05) is 11.8 Å². The summed E-state index contributed by atoms with van der Waals surface area (Å²) < 4.78 is 18.7. The van der Waals surface area contributed by atoms with Gasteiger partial charge in [0.05, 0.1) is 18.8 Å². The fraction of sp³-hybridized carbons (Fsp3) is 0.158. The van der Waals surface area contributed by atoms with E-state index in [1.807, 2.05) is 6.07 Å². The van der Waals surface area contributed by atoms with Crippen molar-refractivity contribution in [3.05, 3.63) is 65.7 Å². The number of amides is 1. The molecular formula is C19H14FN5O2. The van der Waals surface area contributed by atoms with E-state index in [1.54, 1.807) is 41.4 Å². The quantitative estimate of drug-likeness (QED) is 0.768. The maximum absolute atomic E-state index is 13.0. The van der Waals surface area contributed by atoms with Gasteiger partial charge in [0.15, 0.2) is 0 Å². The number of nitrogens with one attached hydrogen (secondary N) is 1. The summed E-state index contributed by atoms with van der Waals surface area (Å²) in [4.78, 5) is 18.2. The fourth-order valence-corrected chi connectivity index (χ4v) is 2.78. The summed E-state index contributed by atoms with van der Waals surface area (Å²) in [6, 6.07) is 12.9. The highest BCUT2D eigenvalue weighted by atomic mass is 19.1. The Hall–Kier alpha value is -3.73. The Balaban J connectivity index is 1.38. The van der Waals surface area contributed by atoms with Crippen molar-refractivity contribution in [3.8, 4) is 23.2 Å². The zero-order valence-corrected chi connectivity index (χ0v) is 14.1. The lowest BCUT2D eigenvalue weighted by Crippen LogP contribution is -2.56. The molecule has 4 rings (SSSR count). The molecule has 2 aromatic heterocycles. The van der Waals surface area contributed by atoms with E-state index >= 15 is 0 Å². The summed E-state index contributed by atoms with van der Waals surface area (Å²) in [6.45, 7) is 0.788. The minimum atomic E-state index is -0.329. The highest BCUT2D eigenvalue weighted by Crippen LogP contribution is 2.22. The normalized spacial score (nSPS) is 13.7. The highest BCUT2D eigenvalue weighted by Gasteiger charge is 2.34. The molecule has 3 aromatic rings. The number of likely N-dealkylation sites (tertiary alicyclic amines) is 1. The molecule has 1 aliphatic rings. The van der Waals surface area contributed by atoms with E-state index in [9.17, 15) is 9.18 Å². The summed E-state index contributed by atoms with van der Waals surface area (Å²) in [5.41, 5.74) is 2.00. The molecule has 1 amide bonds. The van der Waals surface area contributed by atoms with Crippen LogP contribution < -0.4 is 4.74 Å². The van der Waals surface area contributed by atoms with Crippen molar-refractivity contribution in [3.63, 3.8) is 0 Å². The van der Waals surface area contributed by atoms with Gasteiger partial charge < -0.3 is 9.64 Å². The summed E-state index contributed by atoms with van der Waals surface area (Å²) >= 11 is 0. The smallest absolute Gasteiger partial charge is 0.272 e. The first kappa shape index (κ1) is 16.7. The average Bonchev–Trinajstić information content (AvgIpc) is 3.15.